The maximum absolute atomic E-state index is 13.8. The average molecular weight is 1490 g/mol. The second kappa shape index (κ2) is 29.6. The van der Waals surface area contributed by atoms with Gasteiger partial charge in [-0.15, -0.1) is 0 Å². The fraction of sp³-hybridized carbons (Fsp3) is 0.729. The third-order valence-corrected chi connectivity index (χ3v) is 12.7. The number of aliphatic hydroxyl groups is 1. The molecule has 0 fully saturated rings. The highest BCUT2D eigenvalue weighted by atomic mass is 19.5. The molecule has 0 radical (unpaired) electrons. The third kappa shape index (κ3) is 18.3. The van der Waals surface area contributed by atoms with Gasteiger partial charge in [0.05, 0.1) is 65.6 Å². The molecule has 0 heterocycles. The zero-order valence-electron chi connectivity index (χ0n) is 47.6. The van der Waals surface area contributed by atoms with Crippen LogP contribution in [0.3, 0.4) is 0 Å². The molecule has 2 aromatic carbocycles. The van der Waals surface area contributed by atoms with E-state index in [1.165, 1.54) is 27.7 Å². The molecule has 0 aliphatic carbocycles. The summed E-state index contributed by atoms with van der Waals surface area (Å²) in [5.41, 5.74) is -3.65. The first-order valence-electron chi connectivity index (χ1n) is 25.6. The summed E-state index contributed by atoms with van der Waals surface area (Å²) >= 11 is 0. The lowest BCUT2D eigenvalue weighted by molar-refractivity contribution is -0.396. The normalized spacial score (nSPS) is 14.7. The summed E-state index contributed by atoms with van der Waals surface area (Å²) in [6.45, 7) is -0.310. The highest BCUT2D eigenvalue weighted by molar-refractivity contribution is 6.01. The van der Waals surface area contributed by atoms with E-state index in [4.69, 9.17) is 18.9 Å². The third-order valence-electron chi connectivity index (χ3n) is 12.7. The highest BCUT2D eigenvalue weighted by Gasteiger charge is 2.84. The van der Waals surface area contributed by atoms with Crippen LogP contribution >= 0.6 is 0 Å². The molecule has 0 bridgehead atoms. The van der Waals surface area contributed by atoms with Crippen LogP contribution in [0.4, 0.5) is 169 Å². The van der Waals surface area contributed by atoms with Crippen molar-refractivity contribution in [2.45, 2.75) is 181 Å². The lowest BCUT2D eigenvalue weighted by Gasteiger charge is -2.33. The Bertz CT molecular complexity index is 2960. The minimum atomic E-state index is -7.21. The molecule has 2 rings (SSSR count). The number of nitro groups is 2. The molecule has 96 heavy (non-hydrogen) atoms. The second-order valence-corrected chi connectivity index (χ2v) is 20.6. The number of ether oxygens (including phenoxy) is 4. The summed E-state index contributed by atoms with van der Waals surface area (Å²) in [6.07, 6.45) is -45.8. The van der Waals surface area contributed by atoms with Gasteiger partial charge in [-0.2, -0.15) is 158 Å². The molecule has 0 amide bonds. The van der Waals surface area contributed by atoms with Gasteiger partial charge in [-0.25, -0.2) is 0 Å². The second-order valence-electron chi connectivity index (χ2n) is 20.6. The maximum atomic E-state index is 13.8. The molecule has 0 saturated carbocycles. The van der Waals surface area contributed by atoms with Gasteiger partial charge in [0.2, 0.25) is 0 Å². The molecular formula is C48H44F36N2O10. The number of hydrogen-bond acceptors (Lipinski definition) is 10. The predicted molar refractivity (Wildman–Crippen MR) is 248 cm³/mol. The Labute approximate surface area is 511 Å². The summed E-state index contributed by atoms with van der Waals surface area (Å²) in [6, 6.07) is 1.62. The Balaban J connectivity index is 0.000000960. The zero-order chi connectivity index (χ0) is 76.2. The number of carbonyl (C=O) groups excluding carboxylic acids is 1. The van der Waals surface area contributed by atoms with Crippen LogP contribution in [-0.4, -0.2) is 143 Å². The largest absolute Gasteiger partial charge is 0.490 e. The minimum absolute atomic E-state index is 0.294. The Hall–Kier alpha value is -6.45. The Morgan fingerprint density at radius 2 is 0.594 bits per heavy atom. The van der Waals surface area contributed by atoms with Gasteiger partial charge >= 0.3 is 95.8 Å². The fourth-order valence-corrected chi connectivity index (χ4v) is 7.14. The topological polar surface area (TPSA) is 161 Å². The smallest absolute Gasteiger partial charge is 0.460 e. The Morgan fingerprint density at radius 1 is 0.375 bits per heavy atom. The van der Waals surface area contributed by atoms with Crippen LogP contribution in [0.2, 0.25) is 0 Å². The minimum Gasteiger partial charge on any atom is -0.490 e. The van der Waals surface area contributed by atoms with Gasteiger partial charge in [-0.05, 0) is 37.7 Å². The number of ketones is 1. The molecule has 0 spiro atoms. The number of rotatable bonds is 34. The number of halogens is 36. The van der Waals surface area contributed by atoms with Crippen LogP contribution in [0.15, 0.2) is 24.3 Å². The maximum Gasteiger partial charge on any atom is 0.460 e. The first kappa shape index (κ1) is 87.6. The van der Waals surface area contributed by atoms with E-state index in [1.807, 2.05) is 0 Å². The van der Waals surface area contributed by atoms with Crippen molar-refractivity contribution >= 4 is 17.2 Å². The Morgan fingerprint density at radius 3 is 0.802 bits per heavy atom. The quantitative estimate of drug-likeness (QED) is 0.0235. The SMILES string of the molecule is CC(C)C(=O)c1cc(OCCCC(F)(F)C(F)(F)C(F)(F)C(F)(F)F)c(OCCCC(F)(F)C(F)(F)C(F)(F)C(F)(F)F)cc1[N+](=O)[O-].CC(C)C(O)c1cc(OCCCC(F)(F)C(F)(F)C(F)(F)C(F)(F)F)c(OCCCC(F)(F)C(F)(F)C(F)(F)C(F)(F)F)cc1[N+](=O)[O-]. The van der Waals surface area contributed by atoms with Crippen molar-refractivity contribution in [1.82, 2.24) is 0 Å². The summed E-state index contributed by atoms with van der Waals surface area (Å²) < 4.78 is 489. The number of hydrogen-bond donors (Lipinski definition) is 1. The summed E-state index contributed by atoms with van der Waals surface area (Å²) in [7, 11) is 0. The van der Waals surface area contributed by atoms with Gasteiger partial charge in [0.1, 0.15) is 0 Å². The number of nitro benzene ring substituents is 2. The molecule has 0 aliphatic heterocycles. The van der Waals surface area contributed by atoms with Crippen molar-refractivity contribution in [3.63, 3.8) is 0 Å². The summed E-state index contributed by atoms with van der Waals surface area (Å²) in [4.78, 5) is 33.0. The van der Waals surface area contributed by atoms with Crippen LogP contribution in [0, 0.1) is 32.1 Å². The van der Waals surface area contributed by atoms with Gasteiger partial charge in [0.25, 0.3) is 11.4 Å². The first-order chi connectivity index (χ1) is 42.4. The number of carbonyl (C=O) groups is 1. The number of alkyl halides is 36. The monoisotopic (exact) mass is 1490 g/mol. The number of benzene rings is 2. The van der Waals surface area contributed by atoms with Crippen molar-refractivity contribution in [2.75, 3.05) is 26.4 Å². The standard InChI is InChI=1S/C24H23F18NO5.C24H21F18NO5/c2*1-11(2)16(44)12-9-14(47-7-3-5-17(25,26)19(29,30)21(33,34)23(37,38)39)15(10-13(12)43(45)46)48-8-4-6-18(27,28)20(31,32)22(35,36)24(40,41)42/h9-11,16,44H,3-8H2,1-2H3;9-11H,3-8H2,1-2H3. The van der Waals surface area contributed by atoms with Crippen LogP contribution in [0.25, 0.3) is 0 Å². The number of nitrogens with zero attached hydrogens (tertiary/aromatic N) is 2. The zero-order valence-corrected chi connectivity index (χ0v) is 47.6. The lowest BCUT2D eigenvalue weighted by atomic mass is 9.97. The van der Waals surface area contributed by atoms with E-state index < -0.39 is 253 Å². The van der Waals surface area contributed by atoms with Crippen molar-refractivity contribution in [3.8, 4) is 23.0 Å². The average Bonchev–Trinajstić information content (AvgIpc) is 0.766. The Kier molecular flexibility index (Phi) is 27.0. The van der Waals surface area contributed by atoms with Crippen LogP contribution in [-0.2, 0) is 0 Å². The first-order valence-corrected chi connectivity index (χ1v) is 25.6. The van der Waals surface area contributed by atoms with Crippen molar-refractivity contribution in [3.05, 3.63) is 55.6 Å². The fourth-order valence-electron chi connectivity index (χ4n) is 7.14. The number of Topliss-reactive ketones (excluding diaryl/α,β-unsaturated/α-hetero) is 1. The van der Waals surface area contributed by atoms with E-state index in [2.05, 4.69) is 0 Å². The molecular weight excluding hydrogens is 1450 g/mol. The lowest BCUT2D eigenvalue weighted by Crippen LogP contribution is -2.60. The van der Waals surface area contributed by atoms with E-state index >= 15 is 0 Å². The molecule has 0 aliphatic rings. The van der Waals surface area contributed by atoms with Gasteiger partial charge < -0.3 is 24.1 Å². The van der Waals surface area contributed by atoms with Crippen molar-refractivity contribution < 1.29 is 197 Å². The molecule has 12 nitrogen and oxygen atoms in total. The molecule has 1 atom stereocenters. The van der Waals surface area contributed by atoms with Crippen molar-refractivity contribution in [1.29, 1.82) is 0 Å². The van der Waals surface area contributed by atoms with Gasteiger partial charge in [0, 0.05) is 37.7 Å². The van der Waals surface area contributed by atoms with E-state index in [0.29, 0.717) is 24.3 Å². The molecule has 0 saturated heterocycles. The predicted octanol–water partition coefficient (Wildman–Crippen LogP) is 19.2. The molecule has 1 N–H and O–H groups in total. The van der Waals surface area contributed by atoms with E-state index in [-0.39, 0.29) is 0 Å². The van der Waals surface area contributed by atoms with Crippen LogP contribution in [0.1, 0.15) is 101 Å². The summed E-state index contributed by atoms with van der Waals surface area (Å²) in [5.74, 6) is -87.8. The van der Waals surface area contributed by atoms with E-state index in [9.17, 15) is 188 Å². The van der Waals surface area contributed by atoms with E-state index in [0.717, 1.165) is 0 Å². The van der Waals surface area contributed by atoms with Crippen LogP contribution in [0.5, 0.6) is 23.0 Å². The molecule has 1 unspecified atom stereocenters. The van der Waals surface area contributed by atoms with Crippen molar-refractivity contribution in [2.24, 2.45) is 11.8 Å². The molecule has 0 aromatic heterocycles. The molecule has 558 valence electrons. The summed E-state index contributed by atoms with van der Waals surface area (Å²) in [5, 5.41) is 33.3. The van der Waals surface area contributed by atoms with Gasteiger partial charge in [-0.3, -0.25) is 25.0 Å². The number of aliphatic hydroxyl groups excluding tert-OH is 1. The highest BCUT2D eigenvalue weighted by Crippen LogP contribution is 2.59. The van der Waals surface area contributed by atoms with Crippen LogP contribution < -0.4 is 18.9 Å². The van der Waals surface area contributed by atoms with E-state index in [1.54, 1.807) is 0 Å². The van der Waals surface area contributed by atoms with Gasteiger partial charge in [0.15, 0.2) is 28.8 Å². The molecule has 2 aromatic rings. The molecule has 48 heteroatoms. The van der Waals surface area contributed by atoms with Gasteiger partial charge in [-0.1, -0.05) is 27.7 Å².